The molecule has 0 fully saturated rings. The third-order valence-corrected chi connectivity index (χ3v) is 5.04. The van der Waals surface area contributed by atoms with E-state index in [1.807, 2.05) is 12.4 Å². The van der Waals surface area contributed by atoms with Crippen molar-refractivity contribution < 1.29 is 4.79 Å². The molecule has 25 heavy (non-hydrogen) atoms. The van der Waals surface area contributed by atoms with Crippen LogP contribution in [-0.4, -0.2) is 50.9 Å². The Morgan fingerprint density at radius 3 is 2.96 bits per heavy atom. The number of amides is 1. The minimum atomic E-state index is -0.0438. The monoisotopic (exact) mass is 337 g/mol. The van der Waals surface area contributed by atoms with E-state index in [2.05, 4.69) is 50.6 Å². The highest BCUT2D eigenvalue weighted by Gasteiger charge is 2.28. The number of hydrogen-bond donors (Lipinski definition) is 1. The van der Waals surface area contributed by atoms with Crippen molar-refractivity contribution in [3.63, 3.8) is 0 Å². The molecule has 1 aliphatic rings. The van der Waals surface area contributed by atoms with E-state index in [0.29, 0.717) is 5.69 Å². The lowest BCUT2D eigenvalue weighted by atomic mass is 10.1. The molecular weight excluding hydrogens is 314 g/mol. The summed E-state index contributed by atoms with van der Waals surface area (Å²) in [7, 11) is 3.52. The van der Waals surface area contributed by atoms with Crippen LogP contribution in [0.25, 0.3) is 10.9 Å². The highest BCUT2D eigenvalue weighted by Crippen LogP contribution is 2.28. The van der Waals surface area contributed by atoms with Crippen molar-refractivity contribution in [1.82, 2.24) is 24.3 Å². The maximum Gasteiger partial charge on any atom is 0.273 e. The minimum Gasteiger partial charge on any atom is -0.361 e. The second-order valence-corrected chi connectivity index (χ2v) is 6.88. The zero-order chi connectivity index (χ0) is 17.6. The smallest absolute Gasteiger partial charge is 0.273 e. The fourth-order valence-electron chi connectivity index (χ4n) is 3.59. The molecule has 3 aromatic rings. The van der Waals surface area contributed by atoms with Crippen molar-refractivity contribution in [3.8, 4) is 0 Å². The fourth-order valence-corrected chi connectivity index (χ4v) is 3.59. The highest BCUT2D eigenvalue weighted by atomic mass is 16.2. The number of imidazole rings is 1. The van der Waals surface area contributed by atoms with E-state index in [0.717, 1.165) is 25.5 Å². The predicted molar refractivity (Wildman–Crippen MR) is 97.4 cm³/mol. The third-order valence-electron chi connectivity index (χ3n) is 5.04. The van der Waals surface area contributed by atoms with Gasteiger partial charge in [-0.15, -0.1) is 0 Å². The van der Waals surface area contributed by atoms with Crippen LogP contribution < -0.4 is 0 Å². The van der Waals surface area contributed by atoms with Gasteiger partial charge in [-0.25, -0.2) is 4.98 Å². The van der Waals surface area contributed by atoms with E-state index < -0.39 is 0 Å². The minimum absolute atomic E-state index is 0.0438. The van der Waals surface area contributed by atoms with Gasteiger partial charge in [0.2, 0.25) is 0 Å². The van der Waals surface area contributed by atoms with Crippen LogP contribution in [0.5, 0.6) is 0 Å². The molecule has 1 amide bonds. The van der Waals surface area contributed by atoms with Gasteiger partial charge in [-0.3, -0.25) is 9.69 Å². The van der Waals surface area contributed by atoms with Crippen molar-refractivity contribution in [2.24, 2.45) is 0 Å². The summed E-state index contributed by atoms with van der Waals surface area (Å²) in [5.41, 5.74) is 3.01. The van der Waals surface area contributed by atoms with Crippen LogP contribution in [-0.2, 0) is 13.1 Å². The van der Waals surface area contributed by atoms with E-state index in [1.54, 1.807) is 19.0 Å². The number of carbonyl (C=O) groups excluding carboxylic acids is 1. The number of aromatic nitrogens is 3. The average Bonchev–Trinajstić information content (AvgIpc) is 3.24. The summed E-state index contributed by atoms with van der Waals surface area (Å²) in [4.78, 5) is 24.1. The Hall–Kier alpha value is -2.60. The maximum atomic E-state index is 12.2. The van der Waals surface area contributed by atoms with Crippen molar-refractivity contribution in [1.29, 1.82) is 0 Å². The molecule has 0 bridgehead atoms. The summed E-state index contributed by atoms with van der Waals surface area (Å²) in [6.07, 6.45) is 3.87. The van der Waals surface area contributed by atoms with Crippen molar-refractivity contribution in [3.05, 3.63) is 53.7 Å². The molecule has 1 aromatic carbocycles. The van der Waals surface area contributed by atoms with Crippen LogP contribution >= 0.6 is 0 Å². The Morgan fingerprint density at radius 1 is 1.32 bits per heavy atom. The summed E-state index contributed by atoms with van der Waals surface area (Å²) in [6.45, 7) is 4.84. The Morgan fingerprint density at radius 2 is 2.16 bits per heavy atom. The van der Waals surface area contributed by atoms with Gasteiger partial charge in [0.25, 0.3) is 5.91 Å². The SMILES string of the molecule is C[C@H]1c2nc(C(=O)N(C)C)cn2CCN1Cc1cccc2[nH]ccc12. The van der Waals surface area contributed by atoms with Crippen molar-refractivity contribution in [2.45, 2.75) is 26.1 Å². The Labute approximate surface area is 147 Å². The summed E-state index contributed by atoms with van der Waals surface area (Å²) >= 11 is 0. The molecule has 0 unspecified atom stereocenters. The first-order valence-electron chi connectivity index (χ1n) is 8.62. The molecule has 4 rings (SSSR count). The van der Waals surface area contributed by atoms with Gasteiger partial charge >= 0.3 is 0 Å². The number of nitrogens with zero attached hydrogens (tertiary/aromatic N) is 4. The lowest BCUT2D eigenvalue weighted by Gasteiger charge is -2.33. The molecule has 3 heterocycles. The van der Waals surface area contributed by atoms with E-state index in [9.17, 15) is 4.79 Å². The standard InChI is InChI=1S/C19H23N5O/c1-13-18-21-17(19(25)22(2)3)12-24(18)10-9-23(13)11-14-5-4-6-16-15(14)7-8-20-16/h4-8,12-13,20H,9-11H2,1-3H3/t13-/m0/s1. The summed E-state index contributed by atoms with van der Waals surface area (Å²) in [6, 6.07) is 8.69. The Balaban J connectivity index is 1.60. The molecule has 6 heteroatoms. The molecule has 130 valence electrons. The summed E-state index contributed by atoms with van der Waals surface area (Å²) in [5.74, 6) is 0.926. The molecular formula is C19H23N5O. The molecule has 0 radical (unpaired) electrons. The first-order valence-corrected chi connectivity index (χ1v) is 8.62. The van der Waals surface area contributed by atoms with Crippen LogP contribution in [0.4, 0.5) is 0 Å². The number of rotatable bonds is 3. The molecule has 0 aliphatic carbocycles. The highest BCUT2D eigenvalue weighted by molar-refractivity contribution is 5.91. The second kappa shape index (κ2) is 6.04. The van der Waals surface area contributed by atoms with Gasteiger partial charge in [0.05, 0.1) is 6.04 Å². The van der Waals surface area contributed by atoms with E-state index >= 15 is 0 Å². The fraction of sp³-hybridized carbons (Fsp3) is 0.368. The first-order chi connectivity index (χ1) is 12.0. The van der Waals surface area contributed by atoms with Crippen LogP contribution in [0, 0.1) is 0 Å². The van der Waals surface area contributed by atoms with Crippen LogP contribution in [0.2, 0.25) is 0 Å². The number of hydrogen-bond acceptors (Lipinski definition) is 3. The molecule has 1 N–H and O–H groups in total. The number of fused-ring (bicyclic) bond motifs is 2. The van der Waals surface area contributed by atoms with E-state index in [-0.39, 0.29) is 11.9 Å². The Bertz CT molecular complexity index is 923. The van der Waals surface area contributed by atoms with E-state index in [4.69, 9.17) is 0 Å². The van der Waals surface area contributed by atoms with Gasteiger partial charge in [-0.2, -0.15) is 0 Å². The lowest BCUT2D eigenvalue weighted by Crippen LogP contribution is -2.36. The Kier molecular flexibility index (Phi) is 3.84. The van der Waals surface area contributed by atoms with Gasteiger partial charge in [-0.05, 0) is 24.6 Å². The van der Waals surface area contributed by atoms with Crippen LogP contribution in [0.1, 0.15) is 34.8 Å². The van der Waals surface area contributed by atoms with Crippen LogP contribution in [0.15, 0.2) is 36.7 Å². The number of H-pyrrole nitrogens is 1. The summed E-state index contributed by atoms with van der Waals surface area (Å²) < 4.78 is 2.12. The number of aromatic amines is 1. The van der Waals surface area contributed by atoms with Gasteiger partial charge < -0.3 is 14.5 Å². The van der Waals surface area contributed by atoms with Crippen LogP contribution in [0.3, 0.4) is 0 Å². The normalized spacial score (nSPS) is 17.6. The summed E-state index contributed by atoms with van der Waals surface area (Å²) in [5, 5.41) is 1.27. The zero-order valence-electron chi connectivity index (χ0n) is 14.9. The topological polar surface area (TPSA) is 57.2 Å². The molecule has 0 saturated carbocycles. The van der Waals surface area contributed by atoms with Gasteiger partial charge in [-0.1, -0.05) is 12.1 Å². The average molecular weight is 337 g/mol. The van der Waals surface area contributed by atoms with Gasteiger partial charge in [0.15, 0.2) is 0 Å². The maximum absolute atomic E-state index is 12.2. The van der Waals surface area contributed by atoms with E-state index in [1.165, 1.54) is 16.5 Å². The molecule has 1 atom stereocenters. The number of nitrogens with one attached hydrogen (secondary N) is 1. The molecule has 0 spiro atoms. The molecule has 2 aromatic heterocycles. The predicted octanol–water partition coefficient (Wildman–Crippen LogP) is 2.64. The molecule has 1 aliphatic heterocycles. The lowest BCUT2D eigenvalue weighted by molar-refractivity contribution is 0.0822. The number of benzene rings is 1. The molecule has 0 saturated heterocycles. The molecule has 6 nitrogen and oxygen atoms in total. The number of carbonyl (C=O) groups is 1. The van der Waals surface area contributed by atoms with Gasteiger partial charge in [0.1, 0.15) is 11.5 Å². The third kappa shape index (κ3) is 2.72. The largest absolute Gasteiger partial charge is 0.361 e. The van der Waals surface area contributed by atoms with Crippen molar-refractivity contribution in [2.75, 3.05) is 20.6 Å². The zero-order valence-corrected chi connectivity index (χ0v) is 14.9. The quantitative estimate of drug-likeness (QED) is 0.799. The second-order valence-electron chi connectivity index (χ2n) is 6.88. The van der Waals surface area contributed by atoms with Crippen molar-refractivity contribution >= 4 is 16.8 Å². The first kappa shape index (κ1) is 15.9. The van der Waals surface area contributed by atoms with Gasteiger partial charge in [0, 0.05) is 57.0 Å².